The van der Waals surface area contributed by atoms with Gasteiger partial charge in [0.25, 0.3) is 0 Å². The van der Waals surface area contributed by atoms with Gasteiger partial charge in [-0.2, -0.15) is 0 Å². The van der Waals surface area contributed by atoms with Crippen LogP contribution < -0.4 is 5.32 Å². The summed E-state index contributed by atoms with van der Waals surface area (Å²) in [6.45, 7) is 0. The minimum atomic E-state index is -0.717. The van der Waals surface area contributed by atoms with Crippen LogP contribution in [-0.2, 0) is 4.79 Å². The molecule has 0 aliphatic carbocycles. The highest BCUT2D eigenvalue weighted by atomic mass is 127. The van der Waals surface area contributed by atoms with Gasteiger partial charge >= 0.3 is 0 Å². The Kier molecular flexibility index (Phi) is 4.31. The second kappa shape index (κ2) is 5.96. The van der Waals surface area contributed by atoms with Crippen molar-refractivity contribution in [3.8, 4) is 0 Å². The Morgan fingerprint density at radius 2 is 2.00 bits per heavy atom. The monoisotopic (exact) mass is 375 g/mol. The van der Waals surface area contributed by atoms with Crippen molar-refractivity contribution < 1.29 is 18.0 Å². The molecule has 2 aromatic rings. The average Bonchev–Trinajstić information content (AvgIpc) is 2.86. The first-order valence-electron chi connectivity index (χ1n) is 5.23. The first kappa shape index (κ1) is 13.7. The zero-order chi connectivity index (χ0) is 13.8. The minimum Gasteiger partial charge on any atom is -0.465 e. The zero-order valence-electron chi connectivity index (χ0n) is 9.49. The number of carbonyl (C=O) groups is 1. The van der Waals surface area contributed by atoms with E-state index in [0.29, 0.717) is 5.76 Å². The minimum absolute atomic E-state index is 0.0597. The van der Waals surface area contributed by atoms with Gasteiger partial charge in [0.1, 0.15) is 17.4 Å². The van der Waals surface area contributed by atoms with Gasteiger partial charge in [0.2, 0.25) is 5.91 Å². The largest absolute Gasteiger partial charge is 0.465 e. The van der Waals surface area contributed by atoms with Crippen LogP contribution in [0.5, 0.6) is 0 Å². The van der Waals surface area contributed by atoms with Crippen LogP contribution in [0.2, 0.25) is 0 Å². The van der Waals surface area contributed by atoms with Crippen LogP contribution in [0.3, 0.4) is 0 Å². The number of hydrogen-bond donors (Lipinski definition) is 1. The summed E-state index contributed by atoms with van der Waals surface area (Å²) in [6, 6.07) is 5.47. The molecule has 1 amide bonds. The van der Waals surface area contributed by atoms with E-state index in [0.717, 1.165) is 12.1 Å². The highest BCUT2D eigenvalue weighted by molar-refractivity contribution is 14.1. The number of rotatable bonds is 3. The van der Waals surface area contributed by atoms with E-state index in [2.05, 4.69) is 5.32 Å². The fraction of sp³-hybridized carbons (Fsp3) is 0. The van der Waals surface area contributed by atoms with E-state index in [1.807, 2.05) is 0 Å². The lowest BCUT2D eigenvalue weighted by Gasteiger charge is -2.04. The molecule has 3 nitrogen and oxygen atoms in total. The summed E-state index contributed by atoms with van der Waals surface area (Å²) in [4.78, 5) is 11.5. The fourth-order valence-electron chi connectivity index (χ4n) is 1.36. The van der Waals surface area contributed by atoms with Crippen molar-refractivity contribution in [2.75, 3.05) is 5.32 Å². The van der Waals surface area contributed by atoms with Gasteiger partial charge in [-0.15, -0.1) is 0 Å². The van der Waals surface area contributed by atoms with Crippen LogP contribution >= 0.6 is 22.6 Å². The lowest BCUT2D eigenvalue weighted by atomic mass is 10.3. The van der Waals surface area contributed by atoms with E-state index in [-0.39, 0.29) is 9.26 Å². The number of carbonyl (C=O) groups excluding carboxylic acids is 1. The Balaban J connectivity index is 2.07. The maximum absolute atomic E-state index is 13.3. The number of hydrogen-bond acceptors (Lipinski definition) is 2. The highest BCUT2D eigenvalue weighted by Crippen LogP contribution is 2.20. The Morgan fingerprint density at radius 3 is 2.58 bits per heavy atom. The number of furan rings is 1. The van der Waals surface area contributed by atoms with Crippen LogP contribution in [0.25, 0.3) is 6.08 Å². The first-order valence-corrected chi connectivity index (χ1v) is 6.31. The highest BCUT2D eigenvalue weighted by Gasteiger charge is 2.09. The maximum atomic E-state index is 13.3. The molecule has 1 aromatic carbocycles. The van der Waals surface area contributed by atoms with Crippen molar-refractivity contribution in [1.82, 2.24) is 0 Å². The third kappa shape index (κ3) is 3.63. The van der Waals surface area contributed by atoms with Gasteiger partial charge in [-0.3, -0.25) is 4.79 Å². The molecule has 0 radical (unpaired) electrons. The first-order chi connectivity index (χ1) is 9.06. The molecule has 0 saturated heterocycles. The second-order valence-electron chi connectivity index (χ2n) is 3.59. The molecule has 1 aromatic heterocycles. The molecule has 1 N–H and O–H groups in total. The summed E-state index contributed by atoms with van der Waals surface area (Å²) in [7, 11) is 0. The Labute approximate surface area is 121 Å². The van der Waals surface area contributed by atoms with E-state index in [1.54, 1.807) is 34.7 Å². The standard InChI is InChI=1S/C13H8F2INO2/c14-10-6-8(7-11(15)13(10)16)17-12(18)4-3-9-2-1-5-19-9/h1-7H,(H,17,18)/b4-3+. The van der Waals surface area contributed by atoms with Crippen molar-refractivity contribution in [2.45, 2.75) is 0 Å². The molecular weight excluding hydrogens is 367 g/mol. The smallest absolute Gasteiger partial charge is 0.248 e. The lowest BCUT2D eigenvalue weighted by Crippen LogP contribution is -2.08. The summed E-state index contributed by atoms with van der Waals surface area (Å²) in [6.07, 6.45) is 4.14. The lowest BCUT2D eigenvalue weighted by molar-refractivity contribution is -0.111. The predicted octanol–water partition coefficient (Wildman–Crippen LogP) is 3.81. The Bertz CT molecular complexity index is 601. The van der Waals surface area contributed by atoms with E-state index in [4.69, 9.17) is 4.42 Å². The van der Waals surface area contributed by atoms with Gasteiger partial charge in [-0.25, -0.2) is 8.78 Å². The number of halogens is 3. The molecule has 6 heteroatoms. The summed E-state index contributed by atoms with van der Waals surface area (Å²) in [5.41, 5.74) is 0.0597. The van der Waals surface area contributed by atoms with Gasteiger partial charge in [0, 0.05) is 11.8 Å². The van der Waals surface area contributed by atoms with Crippen molar-refractivity contribution in [2.24, 2.45) is 0 Å². The van der Waals surface area contributed by atoms with Gasteiger partial charge in [-0.05, 0) is 52.9 Å². The zero-order valence-corrected chi connectivity index (χ0v) is 11.6. The van der Waals surface area contributed by atoms with Gasteiger partial charge in [0.05, 0.1) is 9.83 Å². The molecule has 0 aliphatic heterocycles. The fourth-order valence-corrected chi connectivity index (χ4v) is 1.67. The number of amides is 1. The van der Waals surface area contributed by atoms with E-state index < -0.39 is 17.5 Å². The summed E-state index contributed by atoms with van der Waals surface area (Å²) >= 11 is 1.55. The van der Waals surface area contributed by atoms with Crippen LogP contribution in [0, 0.1) is 15.2 Å². The molecular formula is C13H8F2INO2. The predicted molar refractivity (Wildman–Crippen MR) is 75.4 cm³/mol. The van der Waals surface area contributed by atoms with Crippen molar-refractivity contribution in [3.05, 3.63) is 57.6 Å². The summed E-state index contributed by atoms with van der Waals surface area (Å²) < 4.78 is 31.4. The Hall–Kier alpha value is -1.70. The van der Waals surface area contributed by atoms with E-state index >= 15 is 0 Å². The molecule has 0 bridgehead atoms. The molecule has 0 atom stereocenters. The molecule has 0 saturated carbocycles. The summed E-state index contributed by atoms with van der Waals surface area (Å²) in [5, 5.41) is 2.36. The van der Waals surface area contributed by atoms with Crippen LogP contribution in [0.1, 0.15) is 5.76 Å². The molecule has 2 rings (SSSR count). The topological polar surface area (TPSA) is 42.2 Å². The SMILES string of the molecule is O=C(/C=C/c1ccco1)Nc1cc(F)c(I)c(F)c1. The normalized spacial score (nSPS) is 10.9. The summed E-state index contributed by atoms with van der Waals surface area (Å²) in [5.74, 6) is -1.43. The molecule has 19 heavy (non-hydrogen) atoms. The Morgan fingerprint density at radius 1 is 1.32 bits per heavy atom. The molecule has 0 spiro atoms. The molecule has 1 heterocycles. The molecule has 0 aliphatic rings. The van der Waals surface area contributed by atoms with Crippen molar-refractivity contribution >= 4 is 40.3 Å². The number of anilines is 1. The van der Waals surface area contributed by atoms with Crippen LogP contribution in [0.4, 0.5) is 14.5 Å². The third-order valence-electron chi connectivity index (χ3n) is 2.19. The number of nitrogens with one attached hydrogen (secondary N) is 1. The molecule has 0 fully saturated rings. The van der Waals surface area contributed by atoms with Gasteiger partial charge in [0.15, 0.2) is 0 Å². The van der Waals surface area contributed by atoms with Crippen LogP contribution in [0.15, 0.2) is 41.0 Å². The quantitative estimate of drug-likeness (QED) is 0.504. The van der Waals surface area contributed by atoms with E-state index in [1.165, 1.54) is 18.4 Å². The average molecular weight is 375 g/mol. The maximum Gasteiger partial charge on any atom is 0.248 e. The van der Waals surface area contributed by atoms with Crippen molar-refractivity contribution in [3.63, 3.8) is 0 Å². The van der Waals surface area contributed by atoms with E-state index in [9.17, 15) is 13.6 Å². The molecule has 0 unspecified atom stereocenters. The second-order valence-corrected chi connectivity index (χ2v) is 4.67. The van der Waals surface area contributed by atoms with Gasteiger partial charge in [-0.1, -0.05) is 0 Å². The number of benzene rings is 1. The van der Waals surface area contributed by atoms with Crippen molar-refractivity contribution in [1.29, 1.82) is 0 Å². The van der Waals surface area contributed by atoms with Crippen LogP contribution in [-0.4, -0.2) is 5.91 Å². The van der Waals surface area contributed by atoms with Gasteiger partial charge < -0.3 is 9.73 Å². The molecule has 98 valence electrons. The third-order valence-corrected chi connectivity index (χ3v) is 3.22.